The van der Waals surface area contributed by atoms with Crippen molar-refractivity contribution in [2.45, 2.75) is 30.8 Å². The molecule has 0 amide bonds. The fraction of sp³-hybridized carbons (Fsp3) is 0.357. The van der Waals surface area contributed by atoms with E-state index in [1.54, 1.807) is 19.1 Å². The van der Waals surface area contributed by atoms with Crippen LogP contribution in [0.5, 0.6) is 0 Å². The number of rotatable bonds is 3. The maximum atomic E-state index is 11.8. The first-order chi connectivity index (χ1) is 8.76. The summed E-state index contributed by atoms with van der Waals surface area (Å²) in [5.41, 5.74) is -0.0943. The van der Waals surface area contributed by atoms with Gasteiger partial charge in [0.2, 0.25) is 5.78 Å². The largest absolute Gasteiger partial charge is 0.479 e. The van der Waals surface area contributed by atoms with Crippen LogP contribution in [0.1, 0.15) is 25.8 Å². The number of carbonyl (C=O) groups is 1. The molecule has 19 heavy (non-hydrogen) atoms. The third-order valence-electron chi connectivity index (χ3n) is 3.36. The third kappa shape index (κ3) is 2.56. The van der Waals surface area contributed by atoms with E-state index in [2.05, 4.69) is 0 Å². The lowest BCUT2D eigenvalue weighted by atomic mass is 9.99. The predicted molar refractivity (Wildman–Crippen MR) is 72.3 cm³/mol. The highest BCUT2D eigenvalue weighted by atomic mass is 32.2. The number of sulfone groups is 1. The number of carbonyl (C=O) groups excluding carboxylic acids is 1. The van der Waals surface area contributed by atoms with Crippen molar-refractivity contribution in [2.75, 3.05) is 6.26 Å². The summed E-state index contributed by atoms with van der Waals surface area (Å²) in [4.78, 5) is 12.1. The van der Waals surface area contributed by atoms with E-state index in [1.165, 1.54) is 18.2 Å². The maximum Gasteiger partial charge on any atom is 0.202 e. The van der Waals surface area contributed by atoms with Gasteiger partial charge in [-0.05, 0) is 37.6 Å². The minimum Gasteiger partial charge on any atom is -0.479 e. The van der Waals surface area contributed by atoms with Crippen molar-refractivity contribution in [3.8, 4) is 0 Å². The van der Waals surface area contributed by atoms with Crippen LogP contribution >= 0.6 is 0 Å². The van der Waals surface area contributed by atoms with E-state index in [-0.39, 0.29) is 10.7 Å². The minimum atomic E-state index is -3.21. The fourth-order valence-electron chi connectivity index (χ4n) is 1.85. The Labute approximate surface area is 113 Å². The van der Waals surface area contributed by atoms with Crippen molar-refractivity contribution in [1.82, 2.24) is 0 Å². The number of hydrogen-bond donors (Lipinski definition) is 0. The molecule has 1 aromatic rings. The van der Waals surface area contributed by atoms with E-state index >= 15 is 0 Å². The zero-order valence-corrected chi connectivity index (χ0v) is 12.0. The van der Waals surface area contributed by atoms with Gasteiger partial charge in [0, 0.05) is 17.9 Å². The quantitative estimate of drug-likeness (QED) is 0.851. The Kier molecular flexibility index (Phi) is 3.26. The van der Waals surface area contributed by atoms with E-state index in [4.69, 9.17) is 4.74 Å². The van der Waals surface area contributed by atoms with Gasteiger partial charge in [-0.3, -0.25) is 4.79 Å². The van der Waals surface area contributed by atoms with E-state index in [0.717, 1.165) is 6.26 Å². The SMILES string of the molecule is CCC1(C)OC(c2ccc(S(C)(=O)=O)cc2)=CC1=O. The monoisotopic (exact) mass is 280 g/mol. The van der Waals surface area contributed by atoms with Crippen LogP contribution in [0.25, 0.3) is 5.76 Å². The molecule has 1 aliphatic rings. The van der Waals surface area contributed by atoms with Gasteiger partial charge < -0.3 is 4.74 Å². The van der Waals surface area contributed by atoms with Crippen LogP contribution in [0.15, 0.2) is 35.2 Å². The lowest BCUT2D eigenvalue weighted by Crippen LogP contribution is -2.31. The molecule has 5 heteroatoms. The molecule has 0 fully saturated rings. The Morgan fingerprint density at radius 1 is 1.21 bits per heavy atom. The molecule has 1 heterocycles. The number of hydrogen-bond acceptors (Lipinski definition) is 4. The molecule has 0 aromatic heterocycles. The normalized spacial score (nSPS) is 23.1. The summed E-state index contributed by atoms with van der Waals surface area (Å²) in [6, 6.07) is 6.33. The van der Waals surface area contributed by atoms with Gasteiger partial charge in [-0.25, -0.2) is 8.42 Å². The van der Waals surface area contributed by atoms with Crippen molar-refractivity contribution in [3.63, 3.8) is 0 Å². The predicted octanol–water partition coefficient (Wildman–Crippen LogP) is 2.20. The van der Waals surface area contributed by atoms with Crippen LogP contribution in [0.4, 0.5) is 0 Å². The van der Waals surface area contributed by atoms with Crippen LogP contribution < -0.4 is 0 Å². The van der Waals surface area contributed by atoms with Gasteiger partial charge in [0.25, 0.3) is 0 Å². The summed E-state index contributed by atoms with van der Waals surface area (Å²) in [7, 11) is -3.21. The van der Waals surface area contributed by atoms with Gasteiger partial charge in [-0.1, -0.05) is 6.92 Å². The van der Waals surface area contributed by atoms with Gasteiger partial charge in [-0.15, -0.1) is 0 Å². The smallest absolute Gasteiger partial charge is 0.202 e. The lowest BCUT2D eigenvalue weighted by molar-refractivity contribution is -0.127. The highest BCUT2D eigenvalue weighted by Gasteiger charge is 2.38. The molecule has 1 aliphatic heterocycles. The Balaban J connectivity index is 2.31. The van der Waals surface area contributed by atoms with Crippen molar-refractivity contribution in [2.24, 2.45) is 0 Å². The molecule has 1 unspecified atom stereocenters. The van der Waals surface area contributed by atoms with Crippen LogP contribution in [-0.2, 0) is 19.4 Å². The fourth-order valence-corrected chi connectivity index (χ4v) is 2.48. The molecule has 4 nitrogen and oxygen atoms in total. The molecule has 2 rings (SSSR count). The highest BCUT2D eigenvalue weighted by molar-refractivity contribution is 7.90. The second-order valence-electron chi connectivity index (χ2n) is 4.86. The molecular formula is C14H16O4S. The van der Waals surface area contributed by atoms with Crippen molar-refractivity contribution in [3.05, 3.63) is 35.9 Å². The standard InChI is InChI=1S/C14H16O4S/c1-4-14(2)13(15)9-12(18-14)10-5-7-11(8-6-10)19(3,16)17/h5-9H,4H2,1-3H3. The van der Waals surface area contributed by atoms with Crippen LogP contribution in [0.2, 0.25) is 0 Å². The summed E-state index contributed by atoms with van der Waals surface area (Å²) in [6.45, 7) is 3.64. The average Bonchev–Trinajstić information content (AvgIpc) is 2.66. The van der Waals surface area contributed by atoms with E-state index in [1.807, 2.05) is 6.92 Å². The third-order valence-corrected chi connectivity index (χ3v) is 4.49. The van der Waals surface area contributed by atoms with Crippen molar-refractivity contribution < 1.29 is 17.9 Å². The van der Waals surface area contributed by atoms with E-state index in [9.17, 15) is 13.2 Å². The molecule has 1 atom stereocenters. The first-order valence-electron chi connectivity index (χ1n) is 6.02. The first-order valence-corrected chi connectivity index (χ1v) is 7.91. The number of ether oxygens (including phenoxy) is 1. The van der Waals surface area contributed by atoms with Crippen LogP contribution in [0.3, 0.4) is 0 Å². The maximum absolute atomic E-state index is 11.8. The molecule has 0 spiro atoms. The molecule has 0 saturated carbocycles. The molecule has 0 bridgehead atoms. The van der Waals surface area contributed by atoms with Crippen molar-refractivity contribution in [1.29, 1.82) is 0 Å². The molecule has 1 aromatic carbocycles. The number of benzene rings is 1. The van der Waals surface area contributed by atoms with Gasteiger partial charge >= 0.3 is 0 Å². The van der Waals surface area contributed by atoms with Gasteiger partial charge in [0.05, 0.1) is 4.90 Å². The zero-order valence-electron chi connectivity index (χ0n) is 11.1. The minimum absolute atomic E-state index is 0.0582. The molecule has 102 valence electrons. The summed E-state index contributed by atoms with van der Waals surface area (Å²) >= 11 is 0. The van der Waals surface area contributed by atoms with Gasteiger partial charge in [0.1, 0.15) is 5.76 Å². The Morgan fingerprint density at radius 3 is 2.21 bits per heavy atom. The second-order valence-corrected chi connectivity index (χ2v) is 6.87. The van der Waals surface area contributed by atoms with E-state index < -0.39 is 15.4 Å². The van der Waals surface area contributed by atoms with Crippen LogP contribution in [-0.4, -0.2) is 26.1 Å². The Hall–Kier alpha value is -1.62. The lowest BCUT2D eigenvalue weighted by Gasteiger charge is -2.21. The molecular weight excluding hydrogens is 264 g/mol. The van der Waals surface area contributed by atoms with Crippen molar-refractivity contribution >= 4 is 21.4 Å². The summed E-state index contributed by atoms with van der Waals surface area (Å²) < 4.78 is 28.4. The van der Waals surface area contributed by atoms with Gasteiger partial charge in [0.15, 0.2) is 15.4 Å². The average molecular weight is 280 g/mol. The van der Waals surface area contributed by atoms with Crippen LogP contribution in [0, 0.1) is 0 Å². The molecule has 0 saturated heterocycles. The summed E-state index contributed by atoms with van der Waals surface area (Å²) in [5.74, 6) is 0.437. The molecule has 0 radical (unpaired) electrons. The summed E-state index contributed by atoms with van der Waals surface area (Å²) in [6.07, 6.45) is 3.22. The first kappa shape index (κ1) is 13.8. The second kappa shape index (κ2) is 4.49. The summed E-state index contributed by atoms with van der Waals surface area (Å²) in [5, 5.41) is 0. The Bertz CT molecular complexity index is 641. The molecule has 0 N–H and O–H groups in total. The molecule has 0 aliphatic carbocycles. The zero-order chi connectivity index (χ0) is 14.3. The topological polar surface area (TPSA) is 60.4 Å². The van der Waals surface area contributed by atoms with E-state index in [0.29, 0.717) is 17.7 Å². The number of ketones is 1. The van der Waals surface area contributed by atoms with Gasteiger partial charge in [-0.2, -0.15) is 0 Å². The highest BCUT2D eigenvalue weighted by Crippen LogP contribution is 2.33. The Morgan fingerprint density at radius 2 is 1.79 bits per heavy atom.